The maximum atomic E-state index is 11.7. The fraction of sp³-hybridized carbons (Fsp3) is 0. The van der Waals surface area contributed by atoms with Gasteiger partial charge in [0, 0.05) is 5.56 Å². The Labute approximate surface area is 144 Å². The average molecular weight is 333 g/mol. The second-order valence-electron chi connectivity index (χ2n) is 4.87. The summed E-state index contributed by atoms with van der Waals surface area (Å²) in [6.07, 6.45) is 0.833. The minimum atomic E-state index is -0.433. The summed E-state index contributed by atoms with van der Waals surface area (Å²) in [5.74, 6) is -0.0522. The molecule has 0 aliphatic heterocycles. The van der Waals surface area contributed by atoms with Crippen molar-refractivity contribution in [1.82, 2.24) is 0 Å². The van der Waals surface area contributed by atoms with Gasteiger partial charge in [-0.05, 0) is 41.6 Å². The van der Waals surface area contributed by atoms with Crippen molar-refractivity contribution in [2.24, 2.45) is 5.18 Å². The number of benzene rings is 3. The van der Waals surface area contributed by atoms with E-state index in [1.165, 1.54) is 24.3 Å². The van der Waals surface area contributed by atoms with Gasteiger partial charge in [0.15, 0.2) is 0 Å². The van der Waals surface area contributed by atoms with Gasteiger partial charge >= 0.3 is 5.97 Å². The zero-order valence-corrected chi connectivity index (χ0v) is 13.2. The molecular weight excluding hydrogens is 318 g/mol. The van der Waals surface area contributed by atoms with Gasteiger partial charge in [-0.3, -0.25) is 4.79 Å². The summed E-state index contributed by atoms with van der Waals surface area (Å²) in [4.78, 5) is 31.9. The molecule has 3 aromatic carbocycles. The third kappa shape index (κ3) is 5.84. The number of carbonyl (C=O) groups is 2. The van der Waals surface area contributed by atoms with Crippen LogP contribution in [0.15, 0.2) is 90.1 Å². The Morgan fingerprint density at radius 2 is 1.36 bits per heavy atom. The van der Waals surface area contributed by atoms with Crippen LogP contribution in [0.1, 0.15) is 20.7 Å². The SMILES string of the molecule is O=Cc1ccccc1.O=Nc1ccc(OC(=O)c2ccccc2)cc1. The van der Waals surface area contributed by atoms with Crippen LogP contribution in [0.25, 0.3) is 0 Å². The standard InChI is InChI=1S/C13H9NO3.C7H6O/c15-13(10-4-2-1-3-5-10)17-12-8-6-11(14-16)7-9-12;8-6-7-4-2-1-3-5-7/h1-9H;1-6H. The lowest BCUT2D eigenvalue weighted by Gasteiger charge is -2.03. The third-order valence-electron chi connectivity index (χ3n) is 3.10. The van der Waals surface area contributed by atoms with E-state index in [4.69, 9.17) is 4.74 Å². The predicted molar refractivity (Wildman–Crippen MR) is 95.1 cm³/mol. The molecule has 0 heterocycles. The highest BCUT2D eigenvalue weighted by molar-refractivity contribution is 5.90. The van der Waals surface area contributed by atoms with Crippen molar-refractivity contribution < 1.29 is 14.3 Å². The number of hydrogen-bond acceptors (Lipinski definition) is 5. The molecule has 5 nitrogen and oxygen atoms in total. The smallest absolute Gasteiger partial charge is 0.343 e. The van der Waals surface area contributed by atoms with Gasteiger partial charge < -0.3 is 4.74 Å². The van der Waals surface area contributed by atoms with Crippen molar-refractivity contribution in [3.05, 3.63) is 101 Å². The van der Waals surface area contributed by atoms with Crippen LogP contribution in [0, 0.1) is 4.91 Å². The van der Waals surface area contributed by atoms with Crippen molar-refractivity contribution in [1.29, 1.82) is 0 Å². The Morgan fingerprint density at radius 3 is 1.84 bits per heavy atom. The summed E-state index contributed by atoms with van der Waals surface area (Å²) in [6, 6.07) is 23.8. The van der Waals surface area contributed by atoms with E-state index in [2.05, 4.69) is 5.18 Å². The first-order chi connectivity index (χ1) is 12.2. The van der Waals surface area contributed by atoms with E-state index in [0.717, 1.165) is 11.8 Å². The number of nitrogens with zero attached hydrogens (tertiary/aromatic N) is 1. The molecule has 5 heteroatoms. The van der Waals surface area contributed by atoms with E-state index < -0.39 is 5.97 Å². The highest BCUT2D eigenvalue weighted by Crippen LogP contribution is 2.18. The molecular formula is C20H15NO4. The third-order valence-corrected chi connectivity index (χ3v) is 3.10. The zero-order valence-electron chi connectivity index (χ0n) is 13.2. The van der Waals surface area contributed by atoms with Gasteiger partial charge in [-0.2, -0.15) is 0 Å². The molecule has 0 spiro atoms. The minimum absolute atomic E-state index is 0.296. The van der Waals surface area contributed by atoms with Crippen LogP contribution in [0.5, 0.6) is 5.75 Å². The monoisotopic (exact) mass is 333 g/mol. The summed E-state index contributed by atoms with van der Waals surface area (Å²) >= 11 is 0. The van der Waals surface area contributed by atoms with E-state index in [0.29, 0.717) is 17.0 Å². The minimum Gasteiger partial charge on any atom is -0.423 e. The quantitative estimate of drug-likeness (QED) is 0.297. The molecule has 0 bridgehead atoms. The lowest BCUT2D eigenvalue weighted by atomic mass is 10.2. The fourth-order valence-corrected chi connectivity index (χ4v) is 1.85. The van der Waals surface area contributed by atoms with Gasteiger partial charge in [-0.1, -0.05) is 48.5 Å². The van der Waals surface area contributed by atoms with E-state index in [9.17, 15) is 14.5 Å². The Hall–Kier alpha value is -3.60. The molecule has 0 aliphatic carbocycles. The topological polar surface area (TPSA) is 72.8 Å². The molecule has 0 amide bonds. The number of esters is 1. The highest BCUT2D eigenvalue weighted by atomic mass is 16.5. The zero-order chi connectivity index (χ0) is 17.9. The van der Waals surface area contributed by atoms with Crippen LogP contribution in [0.4, 0.5) is 5.69 Å². The van der Waals surface area contributed by atoms with E-state index >= 15 is 0 Å². The van der Waals surface area contributed by atoms with Crippen LogP contribution < -0.4 is 4.74 Å². The second kappa shape index (κ2) is 9.52. The first kappa shape index (κ1) is 17.7. The van der Waals surface area contributed by atoms with Gasteiger partial charge in [0.1, 0.15) is 17.7 Å². The predicted octanol–water partition coefficient (Wildman–Crippen LogP) is 4.80. The number of hydrogen-bond donors (Lipinski definition) is 0. The summed E-state index contributed by atoms with van der Waals surface area (Å²) in [7, 11) is 0. The Bertz CT molecular complexity index is 815. The maximum absolute atomic E-state index is 11.7. The van der Waals surface area contributed by atoms with Crippen molar-refractivity contribution in [3.63, 3.8) is 0 Å². The Balaban J connectivity index is 0.000000236. The molecule has 0 N–H and O–H groups in total. The summed E-state index contributed by atoms with van der Waals surface area (Å²) in [6.45, 7) is 0. The lowest BCUT2D eigenvalue weighted by molar-refractivity contribution is 0.0734. The molecule has 0 aliphatic rings. The highest BCUT2D eigenvalue weighted by Gasteiger charge is 2.07. The van der Waals surface area contributed by atoms with Gasteiger partial charge in [-0.15, -0.1) is 4.91 Å². The molecule has 0 radical (unpaired) electrons. The van der Waals surface area contributed by atoms with Gasteiger partial charge in [0.25, 0.3) is 0 Å². The first-order valence-electron chi connectivity index (χ1n) is 7.44. The molecule has 0 saturated heterocycles. The number of rotatable bonds is 4. The second-order valence-corrected chi connectivity index (χ2v) is 4.87. The van der Waals surface area contributed by atoms with Crippen molar-refractivity contribution >= 4 is 17.9 Å². The molecule has 3 rings (SSSR count). The molecule has 0 unspecified atom stereocenters. The maximum Gasteiger partial charge on any atom is 0.343 e. The van der Waals surface area contributed by atoms with Gasteiger partial charge in [0.2, 0.25) is 0 Å². The van der Waals surface area contributed by atoms with Crippen molar-refractivity contribution in [3.8, 4) is 5.75 Å². The van der Waals surface area contributed by atoms with Crippen LogP contribution in [0.2, 0.25) is 0 Å². The molecule has 25 heavy (non-hydrogen) atoms. The normalized spacial score (nSPS) is 9.28. The largest absolute Gasteiger partial charge is 0.423 e. The van der Waals surface area contributed by atoms with Gasteiger partial charge in [-0.25, -0.2) is 4.79 Å². The van der Waals surface area contributed by atoms with E-state index in [-0.39, 0.29) is 0 Å². The lowest BCUT2D eigenvalue weighted by Crippen LogP contribution is -2.07. The Kier molecular flexibility index (Phi) is 6.76. The van der Waals surface area contributed by atoms with Crippen LogP contribution in [0.3, 0.4) is 0 Å². The van der Waals surface area contributed by atoms with Crippen molar-refractivity contribution in [2.45, 2.75) is 0 Å². The molecule has 0 fully saturated rings. The average Bonchev–Trinajstić information content (AvgIpc) is 2.70. The van der Waals surface area contributed by atoms with Crippen LogP contribution in [-0.2, 0) is 0 Å². The molecule has 0 atom stereocenters. The van der Waals surface area contributed by atoms with Crippen LogP contribution in [-0.4, -0.2) is 12.3 Å². The van der Waals surface area contributed by atoms with Crippen molar-refractivity contribution in [2.75, 3.05) is 0 Å². The van der Waals surface area contributed by atoms with E-state index in [1.807, 2.05) is 24.3 Å². The molecule has 3 aromatic rings. The summed E-state index contributed by atoms with van der Waals surface area (Å²) < 4.78 is 5.12. The molecule has 0 saturated carbocycles. The number of aldehydes is 1. The molecule has 0 aromatic heterocycles. The number of ether oxygens (including phenoxy) is 1. The fourth-order valence-electron chi connectivity index (χ4n) is 1.85. The van der Waals surface area contributed by atoms with Gasteiger partial charge in [0.05, 0.1) is 5.56 Å². The van der Waals surface area contributed by atoms with Crippen LogP contribution >= 0.6 is 0 Å². The number of nitroso groups, excluding NO2 is 1. The first-order valence-corrected chi connectivity index (χ1v) is 7.44. The molecule has 124 valence electrons. The summed E-state index contributed by atoms with van der Waals surface area (Å²) in [5.41, 5.74) is 1.50. The Morgan fingerprint density at radius 1 is 0.800 bits per heavy atom. The summed E-state index contributed by atoms with van der Waals surface area (Å²) in [5, 5.41) is 2.76. The number of carbonyl (C=O) groups excluding carboxylic acids is 2. The van der Waals surface area contributed by atoms with E-state index in [1.54, 1.807) is 36.4 Å².